The molecule has 0 radical (unpaired) electrons. The number of ether oxygens (including phenoxy) is 2. The molecule has 0 saturated carbocycles. The Balaban J connectivity index is 2.70. The molecule has 0 heterocycles. The summed E-state index contributed by atoms with van der Waals surface area (Å²) in [5, 5.41) is 0. The molecule has 4 nitrogen and oxygen atoms in total. The lowest BCUT2D eigenvalue weighted by atomic mass is 9.76. The van der Waals surface area contributed by atoms with E-state index in [0.717, 1.165) is 36.0 Å². The molecule has 2 rings (SSSR count). The van der Waals surface area contributed by atoms with E-state index in [-0.39, 0.29) is 22.7 Å². The van der Waals surface area contributed by atoms with E-state index in [2.05, 4.69) is 74.4 Å². The van der Waals surface area contributed by atoms with Crippen molar-refractivity contribution in [2.24, 2.45) is 5.92 Å². The second-order valence-electron chi connectivity index (χ2n) is 12.6. The number of hydrogen-bond donors (Lipinski definition) is 0. The van der Waals surface area contributed by atoms with Crippen LogP contribution in [0.4, 0.5) is 0 Å². The number of unbranched alkanes of at least 4 members (excludes halogenated alkanes) is 1. The van der Waals surface area contributed by atoms with E-state index in [4.69, 9.17) is 9.47 Å². The number of aryl methyl sites for hydroxylation is 1. The van der Waals surface area contributed by atoms with Gasteiger partial charge in [0.15, 0.2) is 0 Å². The van der Waals surface area contributed by atoms with E-state index in [0.29, 0.717) is 24.3 Å². The van der Waals surface area contributed by atoms with Gasteiger partial charge in [-0.25, -0.2) is 4.79 Å². The molecule has 0 spiro atoms. The molecule has 0 amide bonds. The number of carbonyl (C=O) groups is 2. The Morgan fingerprint density at radius 1 is 0.892 bits per heavy atom. The Labute approximate surface area is 225 Å². The van der Waals surface area contributed by atoms with Gasteiger partial charge < -0.3 is 9.47 Å². The van der Waals surface area contributed by atoms with Crippen LogP contribution in [0.3, 0.4) is 0 Å². The molecule has 2 aromatic carbocycles. The van der Waals surface area contributed by atoms with Gasteiger partial charge in [-0.1, -0.05) is 93.0 Å². The van der Waals surface area contributed by atoms with E-state index in [9.17, 15) is 9.59 Å². The van der Waals surface area contributed by atoms with Crippen LogP contribution in [0.25, 0.3) is 0 Å². The van der Waals surface area contributed by atoms with Gasteiger partial charge >= 0.3 is 11.9 Å². The highest BCUT2D eigenvalue weighted by Gasteiger charge is 2.34. The van der Waals surface area contributed by atoms with Gasteiger partial charge in [-0.05, 0) is 66.2 Å². The Bertz CT molecular complexity index is 1050. The van der Waals surface area contributed by atoms with Crippen molar-refractivity contribution in [1.29, 1.82) is 0 Å². The molecule has 0 bridgehead atoms. The van der Waals surface area contributed by atoms with Crippen molar-refractivity contribution in [1.82, 2.24) is 0 Å². The van der Waals surface area contributed by atoms with Crippen LogP contribution in [0.5, 0.6) is 5.75 Å². The van der Waals surface area contributed by atoms with Crippen LogP contribution in [0.15, 0.2) is 36.4 Å². The van der Waals surface area contributed by atoms with Gasteiger partial charge in [-0.3, -0.25) is 4.79 Å². The maximum absolute atomic E-state index is 13.5. The normalized spacial score (nSPS) is 12.9. The largest absolute Gasteiger partial charge is 0.466 e. The summed E-state index contributed by atoms with van der Waals surface area (Å²) in [6.45, 7) is 21.3. The van der Waals surface area contributed by atoms with Crippen molar-refractivity contribution in [3.05, 3.63) is 64.2 Å². The van der Waals surface area contributed by atoms with E-state index in [1.165, 1.54) is 5.56 Å². The van der Waals surface area contributed by atoms with Gasteiger partial charge in [0.25, 0.3) is 0 Å². The number of hydrogen-bond acceptors (Lipinski definition) is 4. The average Bonchev–Trinajstić information content (AvgIpc) is 2.80. The summed E-state index contributed by atoms with van der Waals surface area (Å²) in [4.78, 5) is 26.7. The number of carbonyl (C=O) groups excluding carboxylic acids is 2. The molecular weight excluding hydrogens is 460 g/mol. The van der Waals surface area contributed by atoms with Crippen LogP contribution < -0.4 is 4.74 Å². The van der Waals surface area contributed by atoms with E-state index >= 15 is 0 Å². The van der Waals surface area contributed by atoms with Crippen LogP contribution >= 0.6 is 0 Å². The Morgan fingerprint density at radius 2 is 1.51 bits per heavy atom. The van der Waals surface area contributed by atoms with Crippen molar-refractivity contribution in [2.45, 2.75) is 112 Å². The summed E-state index contributed by atoms with van der Waals surface area (Å²) in [6.07, 6.45) is 3.85. The predicted molar refractivity (Wildman–Crippen MR) is 153 cm³/mol. The van der Waals surface area contributed by atoms with E-state index in [1.54, 1.807) is 0 Å². The zero-order valence-corrected chi connectivity index (χ0v) is 24.8. The molecular formula is C33H48O4. The van der Waals surface area contributed by atoms with Crippen molar-refractivity contribution >= 4 is 11.9 Å². The zero-order chi connectivity index (χ0) is 28.0. The first-order chi connectivity index (χ1) is 17.2. The van der Waals surface area contributed by atoms with Gasteiger partial charge in [0.2, 0.25) is 0 Å². The molecule has 1 unspecified atom stereocenters. The summed E-state index contributed by atoms with van der Waals surface area (Å²) in [5.41, 5.74) is 4.00. The Hall–Kier alpha value is -2.62. The second kappa shape index (κ2) is 12.8. The molecule has 0 aromatic heterocycles. The Morgan fingerprint density at radius 3 is 2.00 bits per heavy atom. The van der Waals surface area contributed by atoms with Crippen LogP contribution in [0, 0.1) is 5.92 Å². The standard InChI is InChI=1S/C33H48O4/c1-11-13-14-23-15-17-24(18-16-23)30(34)37-29-26(27(19-22(3)4)31(35)36-12-2)20-25(32(5,6)7)21-28(29)33(8,9)10/h15-18,20-22,27H,11-14,19H2,1-10H3. The fourth-order valence-electron chi connectivity index (χ4n) is 4.42. The van der Waals surface area contributed by atoms with Gasteiger partial charge in [-0.15, -0.1) is 0 Å². The topological polar surface area (TPSA) is 52.6 Å². The predicted octanol–water partition coefficient (Wildman–Crippen LogP) is 8.54. The van der Waals surface area contributed by atoms with Gasteiger partial charge in [0, 0.05) is 11.1 Å². The SMILES string of the molecule is CCCCc1ccc(C(=O)Oc2c(C(CC(C)C)C(=O)OCC)cc(C(C)(C)C)cc2C(C)(C)C)cc1. The summed E-state index contributed by atoms with van der Waals surface area (Å²) < 4.78 is 11.7. The van der Waals surface area contributed by atoms with Crippen LogP contribution in [0.2, 0.25) is 0 Å². The molecule has 0 aliphatic carbocycles. The highest BCUT2D eigenvalue weighted by molar-refractivity contribution is 5.92. The van der Waals surface area contributed by atoms with Crippen LogP contribution in [-0.2, 0) is 26.8 Å². The number of benzene rings is 2. The van der Waals surface area contributed by atoms with Crippen molar-refractivity contribution in [3.8, 4) is 5.75 Å². The molecule has 37 heavy (non-hydrogen) atoms. The maximum Gasteiger partial charge on any atom is 0.343 e. The summed E-state index contributed by atoms with van der Waals surface area (Å²) in [5.74, 6) is -0.476. The summed E-state index contributed by atoms with van der Waals surface area (Å²) in [6, 6.07) is 11.9. The fraction of sp³-hybridized carbons (Fsp3) is 0.576. The van der Waals surface area contributed by atoms with Gasteiger partial charge in [0.1, 0.15) is 5.75 Å². The zero-order valence-electron chi connectivity index (χ0n) is 24.8. The lowest BCUT2D eigenvalue weighted by molar-refractivity contribution is -0.145. The molecule has 204 valence electrons. The molecule has 0 aliphatic rings. The smallest absolute Gasteiger partial charge is 0.343 e. The minimum absolute atomic E-state index is 0.150. The highest BCUT2D eigenvalue weighted by atomic mass is 16.5. The van der Waals surface area contributed by atoms with Crippen molar-refractivity contribution in [3.63, 3.8) is 0 Å². The van der Waals surface area contributed by atoms with Crippen LogP contribution in [0.1, 0.15) is 127 Å². The van der Waals surface area contributed by atoms with Gasteiger partial charge in [-0.2, -0.15) is 0 Å². The monoisotopic (exact) mass is 508 g/mol. The van der Waals surface area contributed by atoms with Crippen molar-refractivity contribution < 1.29 is 19.1 Å². The minimum atomic E-state index is -0.525. The molecule has 4 heteroatoms. The van der Waals surface area contributed by atoms with E-state index in [1.807, 2.05) is 31.2 Å². The van der Waals surface area contributed by atoms with Crippen molar-refractivity contribution in [2.75, 3.05) is 6.61 Å². The number of esters is 2. The third-order valence-electron chi connectivity index (χ3n) is 6.65. The molecule has 0 N–H and O–H groups in total. The Kier molecular flexibility index (Phi) is 10.6. The molecule has 1 atom stereocenters. The molecule has 0 aliphatic heterocycles. The quantitative estimate of drug-likeness (QED) is 0.238. The summed E-state index contributed by atoms with van der Waals surface area (Å²) >= 11 is 0. The van der Waals surface area contributed by atoms with E-state index < -0.39 is 11.9 Å². The van der Waals surface area contributed by atoms with Gasteiger partial charge in [0.05, 0.1) is 18.1 Å². The summed E-state index contributed by atoms with van der Waals surface area (Å²) in [7, 11) is 0. The molecule has 0 saturated heterocycles. The fourth-order valence-corrected chi connectivity index (χ4v) is 4.42. The number of rotatable bonds is 10. The second-order valence-corrected chi connectivity index (χ2v) is 12.6. The highest BCUT2D eigenvalue weighted by Crippen LogP contribution is 2.43. The average molecular weight is 509 g/mol. The third-order valence-corrected chi connectivity index (χ3v) is 6.65. The lowest BCUT2D eigenvalue weighted by Crippen LogP contribution is -2.25. The molecule has 2 aromatic rings. The molecule has 0 fully saturated rings. The first kappa shape index (κ1) is 30.6. The first-order valence-electron chi connectivity index (χ1n) is 13.9. The first-order valence-corrected chi connectivity index (χ1v) is 13.9. The maximum atomic E-state index is 13.5. The minimum Gasteiger partial charge on any atom is -0.466 e. The lowest BCUT2D eigenvalue weighted by Gasteiger charge is -2.31. The third kappa shape index (κ3) is 8.45. The van der Waals surface area contributed by atoms with Crippen LogP contribution in [-0.4, -0.2) is 18.5 Å².